The van der Waals surface area contributed by atoms with Crippen molar-refractivity contribution >= 4 is 27.6 Å². The van der Waals surface area contributed by atoms with E-state index in [1.165, 1.54) is 0 Å². The van der Waals surface area contributed by atoms with Gasteiger partial charge in [0.25, 0.3) is 0 Å². The van der Waals surface area contributed by atoms with Crippen molar-refractivity contribution in [2.45, 2.75) is 23.9 Å². The Morgan fingerprint density at radius 2 is 1.72 bits per heavy atom. The minimum absolute atomic E-state index is 0.00735. The van der Waals surface area contributed by atoms with Gasteiger partial charge in [-0.25, -0.2) is 8.42 Å². The highest BCUT2D eigenvalue weighted by molar-refractivity contribution is 7.89. The van der Waals surface area contributed by atoms with E-state index < -0.39 is 43.6 Å². The topological polar surface area (TPSA) is 72.9 Å². The molecular weight excluding hydrogens is 471 g/mol. The first-order valence-corrected chi connectivity index (χ1v) is 11.6. The summed E-state index contributed by atoms with van der Waals surface area (Å²) in [7, 11) is -4.16. The van der Waals surface area contributed by atoms with Gasteiger partial charge in [0.05, 0.1) is 21.4 Å². The largest absolute Gasteiger partial charge is 0.490 e. The molecule has 0 radical (unpaired) electrons. The van der Waals surface area contributed by atoms with E-state index in [1.807, 2.05) is 18.2 Å². The number of rotatable bonds is 7. The molecule has 1 fully saturated rings. The summed E-state index contributed by atoms with van der Waals surface area (Å²) in [6.45, 7) is 0.220. The van der Waals surface area contributed by atoms with Gasteiger partial charge < -0.3 is 9.47 Å². The second-order valence-corrected chi connectivity index (χ2v) is 9.49. The molecule has 0 aromatic heterocycles. The lowest BCUT2D eigenvalue weighted by Crippen LogP contribution is -2.40. The van der Waals surface area contributed by atoms with Crippen LogP contribution in [0.2, 0.25) is 5.02 Å². The van der Waals surface area contributed by atoms with E-state index in [2.05, 4.69) is 0 Å². The third kappa shape index (κ3) is 5.93. The molecule has 1 saturated heterocycles. The van der Waals surface area contributed by atoms with Gasteiger partial charge in [-0.2, -0.15) is 17.5 Å². The fourth-order valence-corrected chi connectivity index (χ4v) is 5.02. The van der Waals surface area contributed by atoms with Crippen LogP contribution in [-0.2, 0) is 25.7 Å². The summed E-state index contributed by atoms with van der Waals surface area (Å²) >= 11 is 5.57. The number of carbonyl (C=O) groups is 1. The van der Waals surface area contributed by atoms with Crippen LogP contribution >= 0.6 is 11.6 Å². The van der Waals surface area contributed by atoms with E-state index >= 15 is 0 Å². The van der Waals surface area contributed by atoms with Gasteiger partial charge in [0, 0.05) is 13.1 Å². The number of nitrogens with zero attached hydrogens (tertiary/aromatic N) is 1. The molecule has 1 aliphatic rings. The molecule has 0 unspecified atom stereocenters. The molecular formula is C21H21ClF3NO5S. The molecule has 0 bridgehead atoms. The molecule has 0 saturated carbocycles. The molecule has 3 rings (SSSR count). The predicted octanol–water partition coefficient (Wildman–Crippen LogP) is 4.38. The third-order valence-corrected chi connectivity index (χ3v) is 7.23. The predicted molar refractivity (Wildman–Crippen MR) is 111 cm³/mol. The van der Waals surface area contributed by atoms with Gasteiger partial charge in [0.2, 0.25) is 10.0 Å². The summed E-state index contributed by atoms with van der Waals surface area (Å²) in [4.78, 5) is 11.8. The lowest BCUT2D eigenvalue weighted by molar-refractivity contribution is -0.150. The van der Waals surface area contributed by atoms with Crippen molar-refractivity contribution in [3.05, 3.63) is 59.1 Å². The molecule has 1 heterocycles. The number of hydrogen-bond acceptors (Lipinski definition) is 5. The van der Waals surface area contributed by atoms with Gasteiger partial charge in [-0.3, -0.25) is 4.79 Å². The first-order valence-electron chi connectivity index (χ1n) is 9.80. The number of hydrogen-bond donors (Lipinski definition) is 0. The van der Waals surface area contributed by atoms with Crippen LogP contribution in [0.15, 0.2) is 53.4 Å². The Morgan fingerprint density at radius 1 is 1.06 bits per heavy atom. The Balaban J connectivity index is 1.53. The number of benzene rings is 2. The van der Waals surface area contributed by atoms with Crippen LogP contribution in [0.1, 0.15) is 18.4 Å². The van der Waals surface area contributed by atoms with E-state index in [1.54, 1.807) is 12.1 Å². The number of carbonyl (C=O) groups excluding carboxylic acids is 1. The maximum absolute atomic E-state index is 13.1. The van der Waals surface area contributed by atoms with E-state index in [0.29, 0.717) is 11.8 Å². The van der Waals surface area contributed by atoms with Crippen LogP contribution in [-0.4, -0.2) is 45.0 Å². The Kier molecular flexibility index (Phi) is 7.68. The van der Waals surface area contributed by atoms with Crippen molar-refractivity contribution in [3.63, 3.8) is 0 Å². The fraction of sp³-hybridized carbons (Fsp3) is 0.381. The van der Waals surface area contributed by atoms with Crippen LogP contribution < -0.4 is 4.74 Å². The second-order valence-electron chi connectivity index (χ2n) is 7.15. The zero-order valence-corrected chi connectivity index (χ0v) is 18.4. The van der Waals surface area contributed by atoms with Crippen molar-refractivity contribution in [3.8, 4) is 5.75 Å². The van der Waals surface area contributed by atoms with Gasteiger partial charge in [-0.15, -0.1) is 0 Å². The molecule has 2 aromatic carbocycles. The molecule has 174 valence electrons. The van der Waals surface area contributed by atoms with Crippen molar-refractivity contribution in [1.82, 2.24) is 4.31 Å². The molecule has 0 spiro atoms. The minimum atomic E-state index is -4.77. The SMILES string of the molecule is O=C(OCCOc1ccccc1)C1CCN(S(=O)(=O)c2ccc(Cl)c(C(F)(F)F)c2)CC1. The van der Waals surface area contributed by atoms with Gasteiger partial charge >= 0.3 is 12.1 Å². The van der Waals surface area contributed by atoms with Crippen molar-refractivity contribution in [2.24, 2.45) is 5.92 Å². The van der Waals surface area contributed by atoms with Gasteiger partial charge in [0.1, 0.15) is 19.0 Å². The van der Waals surface area contributed by atoms with Crippen molar-refractivity contribution in [1.29, 1.82) is 0 Å². The summed E-state index contributed by atoms with van der Waals surface area (Å²) in [5.74, 6) is -0.295. The lowest BCUT2D eigenvalue weighted by Gasteiger charge is -2.30. The first-order chi connectivity index (χ1) is 15.1. The minimum Gasteiger partial charge on any atom is -0.490 e. The Labute approximate surface area is 188 Å². The molecule has 0 amide bonds. The molecule has 11 heteroatoms. The lowest BCUT2D eigenvalue weighted by atomic mass is 9.98. The monoisotopic (exact) mass is 491 g/mol. The van der Waals surface area contributed by atoms with Crippen LogP contribution in [0, 0.1) is 5.92 Å². The average Bonchev–Trinajstić information content (AvgIpc) is 2.76. The highest BCUT2D eigenvalue weighted by Gasteiger charge is 2.37. The Bertz CT molecular complexity index is 1040. The highest BCUT2D eigenvalue weighted by atomic mass is 35.5. The average molecular weight is 492 g/mol. The summed E-state index contributed by atoms with van der Waals surface area (Å²) in [5, 5.41) is -0.575. The summed E-state index contributed by atoms with van der Waals surface area (Å²) < 4.78 is 76.5. The number of esters is 1. The van der Waals surface area contributed by atoms with Crippen LogP contribution in [0.25, 0.3) is 0 Å². The molecule has 6 nitrogen and oxygen atoms in total. The van der Waals surface area contributed by atoms with E-state index in [4.69, 9.17) is 21.1 Å². The number of piperidine rings is 1. The van der Waals surface area contributed by atoms with Gasteiger partial charge in [-0.05, 0) is 43.2 Å². The molecule has 0 atom stereocenters. The van der Waals surface area contributed by atoms with E-state index in [9.17, 15) is 26.4 Å². The normalized spacial score (nSPS) is 16.0. The maximum atomic E-state index is 13.1. The third-order valence-electron chi connectivity index (χ3n) is 5.01. The second kappa shape index (κ2) is 10.1. The van der Waals surface area contributed by atoms with E-state index in [-0.39, 0.29) is 39.1 Å². The van der Waals surface area contributed by atoms with Gasteiger partial charge in [-0.1, -0.05) is 29.8 Å². The highest BCUT2D eigenvalue weighted by Crippen LogP contribution is 2.36. The molecule has 0 N–H and O–H groups in total. The zero-order valence-electron chi connectivity index (χ0n) is 16.8. The summed E-state index contributed by atoms with van der Waals surface area (Å²) in [6.07, 6.45) is -4.36. The van der Waals surface area contributed by atoms with Crippen LogP contribution in [0.3, 0.4) is 0 Å². The number of sulfonamides is 1. The van der Waals surface area contributed by atoms with Gasteiger partial charge in [0.15, 0.2) is 0 Å². The molecule has 0 aliphatic carbocycles. The van der Waals surface area contributed by atoms with Crippen molar-refractivity contribution in [2.75, 3.05) is 26.3 Å². The Morgan fingerprint density at radius 3 is 2.34 bits per heavy atom. The van der Waals surface area contributed by atoms with Crippen LogP contribution in [0.4, 0.5) is 13.2 Å². The number of halogens is 4. The van der Waals surface area contributed by atoms with E-state index in [0.717, 1.165) is 16.4 Å². The smallest absolute Gasteiger partial charge is 0.417 e. The standard InChI is InChI=1S/C21H21ClF3NO5S/c22-19-7-6-17(14-18(19)21(23,24)25)32(28,29)26-10-8-15(9-11-26)20(27)31-13-12-30-16-4-2-1-3-5-16/h1-7,14-15H,8-13H2. The Hall–Kier alpha value is -2.30. The number of ether oxygens (including phenoxy) is 2. The molecule has 2 aromatic rings. The zero-order chi connectivity index (χ0) is 23.4. The molecule has 32 heavy (non-hydrogen) atoms. The summed E-state index contributed by atoms with van der Waals surface area (Å²) in [5.41, 5.74) is -1.21. The maximum Gasteiger partial charge on any atom is 0.417 e. The van der Waals surface area contributed by atoms with Crippen molar-refractivity contribution < 1.29 is 35.9 Å². The number of alkyl halides is 3. The first kappa shape index (κ1) is 24.3. The van der Waals surface area contributed by atoms with Crippen LogP contribution in [0.5, 0.6) is 5.75 Å². The quantitative estimate of drug-likeness (QED) is 0.424. The fourth-order valence-electron chi connectivity index (χ4n) is 3.30. The summed E-state index contributed by atoms with van der Waals surface area (Å²) in [6, 6.07) is 11.5. The number of para-hydroxylation sites is 1. The molecule has 1 aliphatic heterocycles.